The molecule has 0 aliphatic carbocycles. The van der Waals surface area contributed by atoms with Crippen molar-refractivity contribution in [1.82, 2.24) is 24.8 Å². The number of hydrogen-bond donors (Lipinski definition) is 2. The van der Waals surface area contributed by atoms with E-state index < -0.39 is 30.3 Å². The number of nitrogens with zero attached hydrogens (tertiary/aromatic N) is 4. The summed E-state index contributed by atoms with van der Waals surface area (Å²) in [6, 6.07) is 0. The Morgan fingerprint density at radius 1 is 1.32 bits per heavy atom. The summed E-state index contributed by atoms with van der Waals surface area (Å²) in [5, 5.41) is 2.77. The first-order valence-corrected chi connectivity index (χ1v) is 8.13. The van der Waals surface area contributed by atoms with Crippen LogP contribution in [0.2, 0.25) is 0 Å². The molecule has 0 bridgehead atoms. The summed E-state index contributed by atoms with van der Waals surface area (Å²) in [7, 11) is 0. The standard InChI is InChI=1S/C15H20N6O4/c1-4-17-13(22)9-8-10(25-15(2,3)24-8)14(23-9)21-6-20-7-11(16)18-5-19-12(7)21/h5-6,8-10,14H,4H2,1-3H3,(H,17,22)(H2,16,18,19)/t8-,9-,10?,14+/m1/s1. The molecule has 4 atom stereocenters. The van der Waals surface area contributed by atoms with Gasteiger partial charge >= 0.3 is 0 Å². The van der Waals surface area contributed by atoms with Crippen molar-refractivity contribution in [2.45, 2.75) is 51.1 Å². The molecule has 10 heteroatoms. The Balaban J connectivity index is 1.73. The molecule has 2 aliphatic heterocycles. The Hall–Kier alpha value is -2.30. The number of nitrogens with two attached hydrogens (primary N) is 1. The number of carbonyl (C=O) groups is 1. The Bertz CT molecular complexity index is 821. The predicted octanol–water partition coefficient (Wildman–Crippen LogP) is -0.0379. The summed E-state index contributed by atoms with van der Waals surface area (Å²) in [6.07, 6.45) is 0.526. The van der Waals surface area contributed by atoms with Gasteiger partial charge in [0.1, 0.15) is 24.1 Å². The molecule has 2 aromatic heterocycles. The molecule has 2 fully saturated rings. The average molecular weight is 348 g/mol. The number of ether oxygens (including phenoxy) is 3. The van der Waals surface area contributed by atoms with Gasteiger partial charge in [0.05, 0.1) is 6.33 Å². The first-order valence-electron chi connectivity index (χ1n) is 8.13. The van der Waals surface area contributed by atoms with Crippen LogP contribution in [0.15, 0.2) is 12.7 Å². The van der Waals surface area contributed by atoms with E-state index in [1.165, 1.54) is 6.33 Å². The third-order valence-electron chi connectivity index (χ3n) is 4.30. The predicted molar refractivity (Wildman–Crippen MR) is 86.2 cm³/mol. The highest BCUT2D eigenvalue weighted by Gasteiger charge is 2.58. The van der Waals surface area contributed by atoms with Crippen LogP contribution in [0.4, 0.5) is 5.82 Å². The van der Waals surface area contributed by atoms with Crippen LogP contribution in [0.25, 0.3) is 11.2 Å². The van der Waals surface area contributed by atoms with Gasteiger partial charge in [-0.3, -0.25) is 9.36 Å². The number of rotatable bonds is 3. The maximum absolute atomic E-state index is 12.4. The summed E-state index contributed by atoms with van der Waals surface area (Å²) >= 11 is 0. The van der Waals surface area contributed by atoms with E-state index in [-0.39, 0.29) is 11.7 Å². The van der Waals surface area contributed by atoms with Gasteiger partial charge in [-0.25, -0.2) is 15.0 Å². The quantitative estimate of drug-likeness (QED) is 0.791. The number of anilines is 1. The van der Waals surface area contributed by atoms with Crippen molar-refractivity contribution in [3.8, 4) is 0 Å². The first-order chi connectivity index (χ1) is 11.9. The Labute approximate surface area is 143 Å². The smallest absolute Gasteiger partial charge is 0.252 e. The lowest BCUT2D eigenvalue weighted by molar-refractivity contribution is -0.197. The van der Waals surface area contributed by atoms with Gasteiger partial charge in [-0.2, -0.15) is 0 Å². The Kier molecular flexibility index (Phi) is 3.63. The van der Waals surface area contributed by atoms with Gasteiger partial charge in [0, 0.05) is 6.54 Å². The number of carbonyl (C=O) groups excluding carboxylic acids is 1. The summed E-state index contributed by atoms with van der Waals surface area (Å²) in [6.45, 7) is 5.97. The molecule has 1 amide bonds. The molecule has 0 saturated carbocycles. The molecule has 2 aromatic rings. The molecule has 1 unspecified atom stereocenters. The van der Waals surface area contributed by atoms with Crippen LogP contribution in [-0.2, 0) is 19.0 Å². The summed E-state index contributed by atoms with van der Waals surface area (Å²) in [5.74, 6) is -0.769. The fourth-order valence-electron chi connectivity index (χ4n) is 3.34. The molecule has 4 heterocycles. The van der Waals surface area contributed by atoms with E-state index in [1.54, 1.807) is 10.9 Å². The molecule has 3 N–H and O–H groups in total. The second-order valence-corrected chi connectivity index (χ2v) is 6.49. The van der Waals surface area contributed by atoms with Gasteiger partial charge in [0.25, 0.3) is 5.91 Å². The highest BCUT2D eigenvalue weighted by molar-refractivity contribution is 5.82. The van der Waals surface area contributed by atoms with E-state index in [2.05, 4.69) is 20.3 Å². The lowest BCUT2D eigenvalue weighted by Crippen LogP contribution is -2.42. The van der Waals surface area contributed by atoms with E-state index in [9.17, 15) is 4.79 Å². The number of nitrogens with one attached hydrogen (secondary N) is 1. The average Bonchev–Trinajstić information content (AvgIpc) is 3.18. The summed E-state index contributed by atoms with van der Waals surface area (Å²) in [4.78, 5) is 24.8. The molecule has 4 rings (SSSR count). The van der Waals surface area contributed by atoms with Crippen molar-refractivity contribution < 1.29 is 19.0 Å². The zero-order valence-corrected chi connectivity index (χ0v) is 14.2. The van der Waals surface area contributed by atoms with E-state index in [4.69, 9.17) is 19.9 Å². The van der Waals surface area contributed by atoms with Crippen molar-refractivity contribution in [3.63, 3.8) is 0 Å². The number of nitrogen functional groups attached to an aromatic ring is 1. The second kappa shape index (κ2) is 5.61. The van der Waals surface area contributed by atoms with Crippen LogP contribution in [-0.4, -0.2) is 56.1 Å². The second-order valence-electron chi connectivity index (χ2n) is 6.49. The lowest BCUT2D eigenvalue weighted by Gasteiger charge is -2.24. The van der Waals surface area contributed by atoms with Crippen LogP contribution in [0.5, 0.6) is 0 Å². The van der Waals surface area contributed by atoms with Gasteiger partial charge in [-0.05, 0) is 20.8 Å². The minimum absolute atomic E-state index is 0.236. The zero-order valence-electron chi connectivity index (χ0n) is 14.2. The zero-order chi connectivity index (χ0) is 17.8. The van der Waals surface area contributed by atoms with Gasteiger partial charge in [0.15, 0.2) is 29.6 Å². The maximum atomic E-state index is 12.4. The fraction of sp³-hybridized carbons (Fsp3) is 0.600. The number of fused-ring (bicyclic) bond motifs is 2. The molecule has 134 valence electrons. The molecular weight excluding hydrogens is 328 g/mol. The van der Waals surface area contributed by atoms with E-state index >= 15 is 0 Å². The third kappa shape index (κ3) is 2.53. The van der Waals surface area contributed by atoms with Crippen LogP contribution in [0, 0.1) is 0 Å². The molecule has 0 aromatic carbocycles. The monoisotopic (exact) mass is 348 g/mol. The lowest BCUT2D eigenvalue weighted by atomic mass is 10.1. The van der Waals surface area contributed by atoms with Gasteiger partial charge in [-0.1, -0.05) is 0 Å². The molecule has 0 radical (unpaired) electrons. The minimum Gasteiger partial charge on any atom is -0.382 e. The maximum Gasteiger partial charge on any atom is 0.252 e. The first kappa shape index (κ1) is 16.2. The number of aromatic nitrogens is 4. The van der Waals surface area contributed by atoms with Crippen LogP contribution in [0.1, 0.15) is 27.0 Å². The number of imidazole rings is 1. The van der Waals surface area contributed by atoms with Crippen molar-refractivity contribution >= 4 is 22.9 Å². The van der Waals surface area contributed by atoms with Crippen molar-refractivity contribution in [3.05, 3.63) is 12.7 Å². The van der Waals surface area contributed by atoms with Crippen molar-refractivity contribution in [2.75, 3.05) is 12.3 Å². The van der Waals surface area contributed by atoms with Crippen molar-refractivity contribution in [1.29, 1.82) is 0 Å². The van der Waals surface area contributed by atoms with Gasteiger partial charge in [0.2, 0.25) is 0 Å². The molecule has 2 saturated heterocycles. The third-order valence-corrected chi connectivity index (χ3v) is 4.30. The fourth-order valence-corrected chi connectivity index (χ4v) is 3.34. The van der Waals surface area contributed by atoms with Crippen molar-refractivity contribution in [2.24, 2.45) is 0 Å². The molecule has 0 spiro atoms. The number of hydrogen-bond acceptors (Lipinski definition) is 8. The Morgan fingerprint density at radius 2 is 2.08 bits per heavy atom. The normalized spacial score (nSPS) is 30.5. The van der Waals surface area contributed by atoms with Crippen LogP contribution >= 0.6 is 0 Å². The molecule has 2 aliphatic rings. The highest BCUT2D eigenvalue weighted by Crippen LogP contribution is 2.43. The highest BCUT2D eigenvalue weighted by atomic mass is 16.8. The van der Waals surface area contributed by atoms with Gasteiger partial charge in [-0.15, -0.1) is 0 Å². The van der Waals surface area contributed by atoms with Gasteiger partial charge < -0.3 is 25.3 Å². The topological polar surface area (TPSA) is 126 Å². The van der Waals surface area contributed by atoms with E-state index in [0.717, 1.165) is 0 Å². The molecule has 25 heavy (non-hydrogen) atoms. The van der Waals surface area contributed by atoms with Crippen LogP contribution < -0.4 is 11.1 Å². The van der Waals surface area contributed by atoms with E-state index in [1.807, 2.05) is 20.8 Å². The Morgan fingerprint density at radius 3 is 2.84 bits per heavy atom. The molecular formula is C15H20N6O4. The summed E-state index contributed by atoms with van der Waals surface area (Å²) < 4.78 is 19.6. The number of likely N-dealkylation sites (N-methyl/N-ethyl adjacent to an activating group) is 1. The SMILES string of the molecule is CCNC(=O)[C@@H]1O[C@H](n2cnc3c(N)ncnc32)C2OC(C)(C)O[C@@H]21. The minimum atomic E-state index is -0.813. The summed E-state index contributed by atoms with van der Waals surface area (Å²) in [5.41, 5.74) is 6.83. The van der Waals surface area contributed by atoms with Crippen LogP contribution in [0.3, 0.4) is 0 Å². The van der Waals surface area contributed by atoms with E-state index in [0.29, 0.717) is 17.7 Å². The number of amides is 1. The largest absolute Gasteiger partial charge is 0.382 e. The molecule has 10 nitrogen and oxygen atoms in total.